The topological polar surface area (TPSA) is 16.4 Å². The van der Waals surface area contributed by atoms with E-state index in [1.807, 2.05) is 12.1 Å². The number of furan rings is 1. The lowest BCUT2D eigenvalue weighted by molar-refractivity contribution is 0.590. The number of hydrogen-bond acceptors (Lipinski definition) is 2. The van der Waals surface area contributed by atoms with E-state index in [9.17, 15) is 0 Å². The number of para-hydroxylation sites is 2. The van der Waals surface area contributed by atoms with E-state index >= 15 is 0 Å². The minimum atomic E-state index is 0.0567. The Bertz CT molecular complexity index is 2690. The fraction of sp³-hybridized carbons (Fsp3) is 0.0800. The maximum Gasteiger partial charge on any atom is 0.135 e. The van der Waals surface area contributed by atoms with Crippen LogP contribution in [0.15, 0.2) is 186 Å². The van der Waals surface area contributed by atoms with Gasteiger partial charge < -0.3 is 9.32 Å². The van der Waals surface area contributed by atoms with Gasteiger partial charge >= 0.3 is 0 Å². The largest absolute Gasteiger partial charge is 0.456 e. The second-order valence-electron chi connectivity index (χ2n) is 14.6. The lowest BCUT2D eigenvalue weighted by atomic mass is 9.87. The summed E-state index contributed by atoms with van der Waals surface area (Å²) in [6, 6.07) is 65.7. The molecule has 0 bridgehead atoms. The van der Waals surface area contributed by atoms with Crippen molar-refractivity contribution in [3.05, 3.63) is 188 Å². The van der Waals surface area contributed by atoms with Gasteiger partial charge in [-0.25, -0.2) is 0 Å². The van der Waals surface area contributed by atoms with Gasteiger partial charge in [-0.2, -0.15) is 0 Å². The van der Waals surface area contributed by atoms with Crippen LogP contribution in [0, 0.1) is 0 Å². The van der Waals surface area contributed by atoms with Gasteiger partial charge in [0.2, 0.25) is 0 Å². The molecule has 250 valence electrons. The van der Waals surface area contributed by atoms with E-state index in [4.69, 9.17) is 4.42 Å². The standard InChI is InChI=1S/C50H39NO/c1-50(2,3)38-26-30-40(31-27-38)51(39-28-23-34(24-29-39)37-25-32-48-45(33-37)43-18-8-10-22-47(43)52-48)46-21-9-7-17-42(46)44-20-12-16-36-15-11-19-41(49(36)44)35-13-5-4-6-14-35/h4-33H,1-3H3. The number of benzene rings is 8. The molecule has 2 nitrogen and oxygen atoms in total. The van der Waals surface area contributed by atoms with E-state index in [-0.39, 0.29) is 5.41 Å². The molecule has 52 heavy (non-hydrogen) atoms. The molecule has 9 aromatic rings. The minimum Gasteiger partial charge on any atom is -0.456 e. The molecule has 1 aromatic heterocycles. The molecular weight excluding hydrogens is 631 g/mol. The molecule has 0 unspecified atom stereocenters. The average Bonchev–Trinajstić information content (AvgIpc) is 3.56. The van der Waals surface area contributed by atoms with Crippen molar-refractivity contribution in [2.45, 2.75) is 26.2 Å². The van der Waals surface area contributed by atoms with Crippen LogP contribution < -0.4 is 4.90 Å². The Morgan fingerprint density at radius 3 is 1.77 bits per heavy atom. The molecule has 0 fully saturated rings. The van der Waals surface area contributed by atoms with Crippen molar-refractivity contribution in [1.82, 2.24) is 0 Å². The van der Waals surface area contributed by atoms with Crippen LogP contribution in [0.5, 0.6) is 0 Å². The molecule has 0 saturated carbocycles. The summed E-state index contributed by atoms with van der Waals surface area (Å²) in [5.74, 6) is 0. The van der Waals surface area contributed by atoms with Crippen molar-refractivity contribution in [2.75, 3.05) is 4.90 Å². The summed E-state index contributed by atoms with van der Waals surface area (Å²) in [7, 11) is 0. The Hall–Kier alpha value is -6.38. The Balaban J connectivity index is 1.20. The molecule has 8 aromatic carbocycles. The van der Waals surface area contributed by atoms with Gasteiger partial charge in [0.1, 0.15) is 11.2 Å². The van der Waals surface area contributed by atoms with E-state index in [1.165, 1.54) is 38.6 Å². The molecule has 0 aliphatic carbocycles. The second-order valence-corrected chi connectivity index (χ2v) is 14.6. The van der Waals surface area contributed by atoms with Crippen LogP contribution in [0.4, 0.5) is 17.1 Å². The number of nitrogens with zero attached hydrogens (tertiary/aromatic N) is 1. The van der Waals surface area contributed by atoms with Gasteiger partial charge in [0.05, 0.1) is 5.69 Å². The number of anilines is 3. The van der Waals surface area contributed by atoms with E-state index < -0.39 is 0 Å². The first-order valence-corrected chi connectivity index (χ1v) is 18.0. The van der Waals surface area contributed by atoms with Gasteiger partial charge in [-0.05, 0) is 98.1 Å². The smallest absolute Gasteiger partial charge is 0.135 e. The summed E-state index contributed by atoms with van der Waals surface area (Å²) in [5, 5.41) is 4.75. The van der Waals surface area contributed by atoms with Gasteiger partial charge in [-0.1, -0.05) is 154 Å². The van der Waals surface area contributed by atoms with E-state index in [2.05, 4.69) is 196 Å². The van der Waals surface area contributed by atoms with E-state index in [1.54, 1.807) is 0 Å². The van der Waals surface area contributed by atoms with Crippen molar-refractivity contribution in [3.63, 3.8) is 0 Å². The van der Waals surface area contributed by atoms with Gasteiger partial charge in [0, 0.05) is 27.7 Å². The zero-order chi connectivity index (χ0) is 35.2. The molecule has 0 saturated heterocycles. The number of rotatable bonds is 6. The van der Waals surface area contributed by atoms with Crippen LogP contribution in [-0.4, -0.2) is 0 Å². The summed E-state index contributed by atoms with van der Waals surface area (Å²) in [6.07, 6.45) is 0. The first-order valence-electron chi connectivity index (χ1n) is 18.0. The Morgan fingerprint density at radius 2 is 1.02 bits per heavy atom. The monoisotopic (exact) mass is 669 g/mol. The van der Waals surface area contributed by atoms with Crippen molar-refractivity contribution >= 4 is 49.8 Å². The summed E-state index contributed by atoms with van der Waals surface area (Å²) in [5.41, 5.74) is 13.7. The van der Waals surface area contributed by atoms with Gasteiger partial charge in [0.15, 0.2) is 0 Å². The van der Waals surface area contributed by atoms with Gasteiger partial charge in [0.25, 0.3) is 0 Å². The third-order valence-electron chi connectivity index (χ3n) is 10.3. The van der Waals surface area contributed by atoms with Crippen LogP contribution in [0.3, 0.4) is 0 Å². The summed E-state index contributed by atoms with van der Waals surface area (Å²) in [6.45, 7) is 6.80. The first kappa shape index (κ1) is 31.6. The van der Waals surface area contributed by atoms with E-state index in [0.29, 0.717) is 0 Å². The fourth-order valence-corrected chi connectivity index (χ4v) is 7.57. The molecule has 0 aliphatic heterocycles. The summed E-state index contributed by atoms with van der Waals surface area (Å²) in [4.78, 5) is 2.41. The SMILES string of the molecule is CC(C)(C)c1ccc(N(c2ccc(-c3ccc4oc5ccccc5c4c3)cc2)c2ccccc2-c2cccc3cccc(-c4ccccc4)c23)cc1. The van der Waals surface area contributed by atoms with Crippen LogP contribution in [0.25, 0.3) is 66.1 Å². The zero-order valence-electron chi connectivity index (χ0n) is 29.7. The van der Waals surface area contributed by atoms with Gasteiger partial charge in [-0.15, -0.1) is 0 Å². The highest BCUT2D eigenvalue weighted by Crippen LogP contribution is 2.45. The summed E-state index contributed by atoms with van der Waals surface area (Å²) < 4.78 is 6.12. The molecule has 2 heteroatoms. The van der Waals surface area contributed by atoms with Crippen LogP contribution >= 0.6 is 0 Å². The molecule has 0 spiro atoms. The lowest BCUT2D eigenvalue weighted by Crippen LogP contribution is -2.13. The zero-order valence-corrected chi connectivity index (χ0v) is 29.7. The normalized spacial score (nSPS) is 11.8. The third kappa shape index (κ3) is 5.63. The van der Waals surface area contributed by atoms with Crippen molar-refractivity contribution in [2.24, 2.45) is 0 Å². The molecule has 0 atom stereocenters. The Labute approximate surface area is 305 Å². The minimum absolute atomic E-state index is 0.0567. The lowest BCUT2D eigenvalue weighted by Gasteiger charge is -2.29. The first-order chi connectivity index (χ1) is 25.4. The quantitative estimate of drug-likeness (QED) is 0.175. The maximum absolute atomic E-state index is 6.12. The molecule has 0 N–H and O–H groups in total. The van der Waals surface area contributed by atoms with Crippen LogP contribution in [0.1, 0.15) is 26.3 Å². The number of hydrogen-bond donors (Lipinski definition) is 0. The Kier molecular flexibility index (Phi) is 7.74. The molecule has 0 radical (unpaired) electrons. The highest BCUT2D eigenvalue weighted by molar-refractivity contribution is 6.09. The fourth-order valence-electron chi connectivity index (χ4n) is 7.57. The van der Waals surface area contributed by atoms with E-state index in [0.717, 1.165) is 50.1 Å². The molecule has 1 heterocycles. The maximum atomic E-state index is 6.12. The molecule has 0 amide bonds. The highest BCUT2D eigenvalue weighted by Gasteiger charge is 2.21. The number of fused-ring (bicyclic) bond motifs is 4. The predicted molar refractivity (Wildman–Crippen MR) is 221 cm³/mol. The van der Waals surface area contributed by atoms with Gasteiger partial charge in [-0.3, -0.25) is 0 Å². The average molecular weight is 670 g/mol. The van der Waals surface area contributed by atoms with Crippen molar-refractivity contribution in [3.8, 4) is 33.4 Å². The molecule has 0 aliphatic rings. The Morgan fingerprint density at radius 1 is 0.423 bits per heavy atom. The third-order valence-corrected chi connectivity index (χ3v) is 10.3. The highest BCUT2D eigenvalue weighted by atomic mass is 16.3. The second kappa shape index (κ2) is 12.7. The van der Waals surface area contributed by atoms with Crippen LogP contribution in [-0.2, 0) is 5.41 Å². The predicted octanol–water partition coefficient (Wildman–Crippen LogP) is 14.5. The molecular formula is C50H39NO. The van der Waals surface area contributed by atoms with Crippen LogP contribution in [0.2, 0.25) is 0 Å². The molecule has 9 rings (SSSR count). The van der Waals surface area contributed by atoms with Crippen molar-refractivity contribution in [1.29, 1.82) is 0 Å². The summed E-state index contributed by atoms with van der Waals surface area (Å²) >= 11 is 0. The van der Waals surface area contributed by atoms with Crippen molar-refractivity contribution < 1.29 is 4.42 Å².